The van der Waals surface area contributed by atoms with Gasteiger partial charge in [0.05, 0.1) is 17.1 Å². The Hall–Kier alpha value is -3.13. The Labute approximate surface area is 156 Å². The van der Waals surface area contributed by atoms with Crippen molar-refractivity contribution < 1.29 is 4.39 Å². The molecule has 2 aromatic heterocycles. The predicted octanol–water partition coefficient (Wildman–Crippen LogP) is 3.22. The van der Waals surface area contributed by atoms with Crippen molar-refractivity contribution in [2.45, 2.75) is 18.9 Å². The zero-order valence-electron chi connectivity index (χ0n) is 14.8. The van der Waals surface area contributed by atoms with Gasteiger partial charge < -0.3 is 20.7 Å². The van der Waals surface area contributed by atoms with Crippen molar-refractivity contribution in [3.8, 4) is 22.6 Å². The topological polar surface area (TPSA) is 97.2 Å². The second-order valence-corrected chi connectivity index (χ2v) is 6.46. The quantitative estimate of drug-likeness (QED) is 0.489. The summed E-state index contributed by atoms with van der Waals surface area (Å²) in [5, 5.41) is 12.9. The van der Waals surface area contributed by atoms with Crippen LogP contribution in [0.15, 0.2) is 48.9 Å². The second kappa shape index (κ2) is 8.05. The number of nitrogens with one attached hydrogen (secondary N) is 5. The van der Waals surface area contributed by atoms with E-state index in [0.29, 0.717) is 12.0 Å². The van der Waals surface area contributed by atoms with Crippen LogP contribution in [0.25, 0.3) is 22.6 Å². The minimum Gasteiger partial charge on any atom is -0.357 e. The lowest BCUT2D eigenvalue weighted by Crippen LogP contribution is -2.38. The molecule has 1 fully saturated rings. The van der Waals surface area contributed by atoms with Crippen LogP contribution in [-0.4, -0.2) is 44.3 Å². The van der Waals surface area contributed by atoms with E-state index in [1.807, 2.05) is 6.07 Å². The molecule has 0 radical (unpaired) electrons. The van der Waals surface area contributed by atoms with Gasteiger partial charge in [-0.1, -0.05) is 0 Å². The molecule has 0 bridgehead atoms. The summed E-state index contributed by atoms with van der Waals surface area (Å²) < 4.78 is 13.3. The first-order valence-corrected chi connectivity index (χ1v) is 9.03. The van der Waals surface area contributed by atoms with E-state index in [9.17, 15) is 4.39 Å². The van der Waals surface area contributed by atoms with Gasteiger partial charge in [0.15, 0.2) is 0 Å². The first-order valence-electron chi connectivity index (χ1n) is 9.03. The Morgan fingerprint density at radius 3 is 2.78 bits per heavy atom. The lowest BCUT2D eigenvalue weighted by Gasteiger charge is -2.23. The number of aromatic nitrogens is 5. The molecule has 0 saturated carbocycles. The third kappa shape index (κ3) is 4.17. The molecule has 4 rings (SSSR count). The molecule has 0 spiro atoms. The Morgan fingerprint density at radius 1 is 1.07 bits per heavy atom. The molecule has 140 valence electrons. The molecule has 0 amide bonds. The van der Waals surface area contributed by atoms with E-state index in [1.54, 1.807) is 30.7 Å². The Morgan fingerprint density at radius 2 is 1.96 bits per heavy atom. The normalized spacial score (nSPS) is 16.7. The fourth-order valence-corrected chi connectivity index (χ4v) is 3.18. The molecule has 1 saturated heterocycles. The number of benzene rings is 1. The molecule has 3 heterocycles. The van der Waals surface area contributed by atoms with Crippen LogP contribution in [0.3, 0.4) is 0 Å². The number of hydrogen-bond acceptors (Lipinski definition) is 4. The maximum atomic E-state index is 13.3. The minimum absolute atomic E-state index is 0.275. The number of halogens is 1. The van der Waals surface area contributed by atoms with Crippen LogP contribution in [0.1, 0.15) is 12.8 Å². The summed E-state index contributed by atoms with van der Waals surface area (Å²) in [6.07, 6.45) is 7.49. The lowest BCUT2D eigenvalue weighted by atomic mass is 10.1. The molecule has 1 unspecified atom stereocenters. The summed E-state index contributed by atoms with van der Waals surface area (Å²) in [6.45, 7) is 1.96. The van der Waals surface area contributed by atoms with E-state index >= 15 is 0 Å². The molecule has 1 aliphatic rings. The third-order valence-electron chi connectivity index (χ3n) is 4.52. The van der Waals surface area contributed by atoms with Crippen LogP contribution < -0.4 is 10.6 Å². The average molecular weight is 367 g/mol. The van der Waals surface area contributed by atoms with Crippen molar-refractivity contribution >= 4 is 5.95 Å². The number of piperidine rings is 1. The molecule has 1 aromatic carbocycles. The van der Waals surface area contributed by atoms with Gasteiger partial charge in [0, 0.05) is 36.7 Å². The van der Waals surface area contributed by atoms with Crippen molar-refractivity contribution in [1.29, 1.82) is 0 Å². The molecule has 7 nitrogen and oxygen atoms in total. The first kappa shape index (κ1) is 17.3. The molecular formula is C19H22FN7. The summed E-state index contributed by atoms with van der Waals surface area (Å²) in [4.78, 5) is 12.3. The fraction of sp³-hybridized carbons (Fsp3) is 0.263. The monoisotopic (exact) mass is 367 g/mol. The molecule has 1 atom stereocenters. The van der Waals surface area contributed by atoms with Gasteiger partial charge in [0.1, 0.15) is 5.82 Å². The van der Waals surface area contributed by atoms with Crippen LogP contribution >= 0.6 is 0 Å². The molecule has 5 N–H and O–H groups in total. The summed E-state index contributed by atoms with van der Waals surface area (Å²) in [7, 11) is 0. The number of H-pyrrole nitrogens is 3. The summed E-state index contributed by atoms with van der Waals surface area (Å²) >= 11 is 0. The largest absolute Gasteiger partial charge is 0.357 e. The van der Waals surface area contributed by atoms with Crippen LogP contribution in [0.2, 0.25) is 0 Å². The molecule has 1 aliphatic heterocycles. The molecular weight excluding hydrogens is 345 g/mol. The van der Waals surface area contributed by atoms with Crippen LogP contribution in [0.5, 0.6) is 0 Å². The Kier molecular flexibility index (Phi) is 5.15. The van der Waals surface area contributed by atoms with Gasteiger partial charge in [0.25, 0.3) is 0 Å². The Bertz CT molecular complexity index is 917. The summed E-state index contributed by atoms with van der Waals surface area (Å²) in [6, 6.07) is 8.48. The van der Waals surface area contributed by atoms with Gasteiger partial charge >= 0.3 is 0 Å². The number of rotatable bonds is 4. The Balaban J connectivity index is 1.70. The van der Waals surface area contributed by atoms with E-state index in [0.717, 1.165) is 48.6 Å². The van der Waals surface area contributed by atoms with Crippen LogP contribution in [0.4, 0.5) is 10.3 Å². The van der Waals surface area contributed by atoms with Crippen molar-refractivity contribution in [2.24, 2.45) is 0 Å². The third-order valence-corrected chi connectivity index (χ3v) is 4.52. The molecule has 27 heavy (non-hydrogen) atoms. The van der Waals surface area contributed by atoms with Crippen LogP contribution in [-0.2, 0) is 0 Å². The van der Waals surface area contributed by atoms with Gasteiger partial charge in [-0.15, -0.1) is 0 Å². The van der Waals surface area contributed by atoms with Gasteiger partial charge in [0.2, 0.25) is 5.95 Å². The summed E-state index contributed by atoms with van der Waals surface area (Å²) in [5.41, 5.74) is 3.11. The van der Waals surface area contributed by atoms with Gasteiger partial charge in [-0.25, -0.2) is 14.4 Å². The first-order chi connectivity index (χ1) is 13.3. The molecule has 0 aliphatic carbocycles. The number of aromatic amines is 3. The average Bonchev–Trinajstić information content (AvgIpc) is 2.96. The highest BCUT2D eigenvalue weighted by Gasteiger charge is 2.15. The maximum Gasteiger partial charge on any atom is 0.223 e. The van der Waals surface area contributed by atoms with Crippen molar-refractivity contribution in [1.82, 2.24) is 30.5 Å². The standard InChI is InChI=1S/C19H22FN7/c20-14-5-3-13(4-6-14)17-18(22-10-11-24-27-17)16-7-9-23-19(26-16)25-15-2-1-8-21-12-15/h3-7,9-11,15,21-22,24,27H,1-2,8,12H2,(H,23,25,26). The van der Waals surface area contributed by atoms with Gasteiger partial charge in [-0.3, -0.25) is 5.10 Å². The van der Waals surface area contributed by atoms with E-state index in [1.165, 1.54) is 12.1 Å². The van der Waals surface area contributed by atoms with Crippen molar-refractivity contribution in [3.05, 3.63) is 54.7 Å². The van der Waals surface area contributed by atoms with E-state index < -0.39 is 0 Å². The maximum absolute atomic E-state index is 13.3. The summed E-state index contributed by atoms with van der Waals surface area (Å²) in [5.74, 6) is 0.318. The highest BCUT2D eigenvalue weighted by atomic mass is 19.1. The zero-order valence-corrected chi connectivity index (χ0v) is 14.8. The van der Waals surface area contributed by atoms with Crippen LogP contribution in [0, 0.1) is 5.82 Å². The van der Waals surface area contributed by atoms with Crippen molar-refractivity contribution in [2.75, 3.05) is 18.4 Å². The number of hydrogen-bond donors (Lipinski definition) is 5. The van der Waals surface area contributed by atoms with E-state index in [-0.39, 0.29) is 5.82 Å². The van der Waals surface area contributed by atoms with Gasteiger partial charge in [-0.2, -0.15) is 0 Å². The van der Waals surface area contributed by atoms with Gasteiger partial charge in [-0.05, 0) is 49.7 Å². The lowest BCUT2D eigenvalue weighted by molar-refractivity contribution is 0.478. The van der Waals surface area contributed by atoms with E-state index in [2.05, 4.69) is 35.8 Å². The van der Waals surface area contributed by atoms with E-state index in [4.69, 9.17) is 0 Å². The highest BCUT2D eigenvalue weighted by Crippen LogP contribution is 2.26. The zero-order chi connectivity index (χ0) is 18.5. The molecule has 3 aromatic rings. The number of nitrogens with zero attached hydrogens (tertiary/aromatic N) is 2. The fourth-order valence-electron chi connectivity index (χ4n) is 3.18. The SMILES string of the molecule is Fc1ccc(-c2[nH][nH]cc[nH]c2-c2ccnc(NC3CCCNC3)n2)cc1. The molecule has 8 heteroatoms. The second-order valence-electron chi connectivity index (χ2n) is 6.46. The number of anilines is 1. The minimum atomic E-state index is -0.275. The smallest absolute Gasteiger partial charge is 0.223 e. The van der Waals surface area contributed by atoms with Crippen molar-refractivity contribution in [3.63, 3.8) is 0 Å². The highest BCUT2D eigenvalue weighted by molar-refractivity contribution is 5.75. The predicted molar refractivity (Wildman–Crippen MR) is 103 cm³/mol.